The van der Waals surface area contributed by atoms with Crippen molar-refractivity contribution in [3.8, 4) is 0 Å². The van der Waals surface area contributed by atoms with Crippen LogP contribution in [0.3, 0.4) is 0 Å². The van der Waals surface area contributed by atoms with Crippen molar-refractivity contribution in [1.29, 1.82) is 0 Å². The van der Waals surface area contributed by atoms with E-state index < -0.39 is 21.2 Å². The molecular formula is C10H11Cl2NO4S. The quantitative estimate of drug-likeness (QED) is 0.895. The number of carboxylic acids is 1. The first-order valence-electron chi connectivity index (χ1n) is 4.89. The fraction of sp³-hybridized carbons (Fsp3) is 0.300. The maximum absolute atomic E-state index is 11.7. The van der Waals surface area contributed by atoms with Crippen LogP contribution in [0.25, 0.3) is 0 Å². The zero-order valence-electron chi connectivity index (χ0n) is 9.57. The standard InChI is InChI=1S/C10H11Cl2NO4S/c1-5(2)18(16,17)13-9-7(10(14)15)3-6(11)4-8(9)12/h3-5,13H,1-2H3,(H,14,15). The summed E-state index contributed by atoms with van der Waals surface area (Å²) in [5, 5.41) is 8.33. The van der Waals surface area contributed by atoms with Crippen molar-refractivity contribution in [2.45, 2.75) is 19.1 Å². The van der Waals surface area contributed by atoms with Crippen LogP contribution in [-0.2, 0) is 10.0 Å². The molecular weight excluding hydrogens is 301 g/mol. The zero-order chi connectivity index (χ0) is 14.1. The Hall–Kier alpha value is -0.980. The van der Waals surface area contributed by atoms with Gasteiger partial charge in [-0.3, -0.25) is 4.72 Å². The van der Waals surface area contributed by atoms with Gasteiger partial charge in [-0.05, 0) is 26.0 Å². The molecule has 0 spiro atoms. The van der Waals surface area contributed by atoms with E-state index in [4.69, 9.17) is 28.3 Å². The third kappa shape index (κ3) is 3.28. The number of nitrogens with one attached hydrogen (secondary N) is 1. The maximum atomic E-state index is 11.7. The number of sulfonamides is 1. The molecule has 0 aliphatic heterocycles. The lowest BCUT2D eigenvalue weighted by molar-refractivity contribution is 0.0698. The van der Waals surface area contributed by atoms with E-state index in [1.807, 2.05) is 0 Å². The Morgan fingerprint density at radius 1 is 1.33 bits per heavy atom. The molecule has 0 atom stereocenters. The van der Waals surface area contributed by atoms with E-state index in [1.165, 1.54) is 19.9 Å². The average molecular weight is 312 g/mol. The Morgan fingerprint density at radius 3 is 2.33 bits per heavy atom. The molecule has 1 rings (SSSR count). The van der Waals surface area contributed by atoms with Crippen LogP contribution in [0.1, 0.15) is 24.2 Å². The molecule has 2 N–H and O–H groups in total. The normalized spacial score (nSPS) is 11.6. The van der Waals surface area contributed by atoms with Gasteiger partial charge >= 0.3 is 5.97 Å². The second-order valence-corrected chi connectivity index (χ2v) is 6.89. The molecule has 1 aromatic carbocycles. The van der Waals surface area contributed by atoms with Crippen LogP contribution in [-0.4, -0.2) is 24.7 Å². The highest BCUT2D eigenvalue weighted by molar-refractivity contribution is 7.93. The third-order valence-corrected chi connectivity index (χ3v) is 4.40. The number of benzene rings is 1. The Labute approximate surface area is 115 Å². The van der Waals surface area contributed by atoms with Crippen LogP contribution in [0.4, 0.5) is 5.69 Å². The minimum Gasteiger partial charge on any atom is -0.478 e. The Bertz CT molecular complexity index is 584. The van der Waals surface area contributed by atoms with Crippen molar-refractivity contribution in [3.05, 3.63) is 27.7 Å². The largest absolute Gasteiger partial charge is 0.478 e. The highest BCUT2D eigenvalue weighted by Crippen LogP contribution is 2.31. The summed E-state index contributed by atoms with van der Waals surface area (Å²) in [5.41, 5.74) is -0.473. The van der Waals surface area contributed by atoms with Gasteiger partial charge in [-0.1, -0.05) is 23.2 Å². The van der Waals surface area contributed by atoms with Gasteiger partial charge in [0.25, 0.3) is 0 Å². The minimum absolute atomic E-state index is 0.0656. The molecule has 0 aromatic heterocycles. The molecule has 0 fully saturated rings. The number of aromatic carboxylic acids is 1. The van der Waals surface area contributed by atoms with Crippen molar-refractivity contribution in [2.75, 3.05) is 4.72 Å². The first kappa shape index (κ1) is 15.1. The van der Waals surface area contributed by atoms with E-state index >= 15 is 0 Å². The van der Waals surface area contributed by atoms with Gasteiger partial charge in [-0.2, -0.15) is 0 Å². The van der Waals surface area contributed by atoms with Gasteiger partial charge in [0.05, 0.1) is 21.5 Å². The van der Waals surface area contributed by atoms with Gasteiger partial charge in [0, 0.05) is 5.02 Å². The molecule has 0 saturated heterocycles. The summed E-state index contributed by atoms with van der Waals surface area (Å²) in [6.07, 6.45) is 0. The van der Waals surface area contributed by atoms with Crippen LogP contribution in [0.2, 0.25) is 10.0 Å². The molecule has 18 heavy (non-hydrogen) atoms. The molecule has 5 nitrogen and oxygen atoms in total. The van der Waals surface area contributed by atoms with Gasteiger partial charge in [0.2, 0.25) is 10.0 Å². The summed E-state index contributed by atoms with van der Waals surface area (Å²) in [7, 11) is -3.68. The number of hydrogen-bond donors (Lipinski definition) is 2. The first-order valence-corrected chi connectivity index (χ1v) is 7.19. The molecule has 0 heterocycles. The molecule has 1 aromatic rings. The average Bonchev–Trinajstić information content (AvgIpc) is 2.21. The predicted octanol–water partition coefficient (Wildman–Crippen LogP) is 2.84. The number of carboxylic acid groups (broad SMARTS) is 1. The van der Waals surface area contributed by atoms with Gasteiger partial charge in [-0.25, -0.2) is 13.2 Å². The number of rotatable bonds is 4. The van der Waals surface area contributed by atoms with Gasteiger partial charge < -0.3 is 5.11 Å². The second kappa shape index (κ2) is 5.34. The summed E-state index contributed by atoms with van der Waals surface area (Å²) in [4.78, 5) is 11.0. The van der Waals surface area contributed by atoms with E-state index in [2.05, 4.69) is 4.72 Å². The molecule has 0 radical (unpaired) electrons. The summed E-state index contributed by atoms with van der Waals surface area (Å²) in [5.74, 6) is -1.32. The van der Waals surface area contributed by atoms with Crippen molar-refractivity contribution in [1.82, 2.24) is 0 Å². The molecule has 0 aliphatic rings. The van der Waals surface area contributed by atoms with E-state index in [0.29, 0.717) is 0 Å². The van der Waals surface area contributed by atoms with Crippen molar-refractivity contribution < 1.29 is 18.3 Å². The molecule has 0 amide bonds. The van der Waals surface area contributed by atoms with E-state index in [0.717, 1.165) is 6.07 Å². The minimum atomic E-state index is -3.68. The van der Waals surface area contributed by atoms with E-state index in [-0.39, 0.29) is 21.3 Å². The van der Waals surface area contributed by atoms with E-state index in [1.54, 1.807) is 0 Å². The molecule has 0 saturated carbocycles. The summed E-state index contributed by atoms with van der Waals surface area (Å²) < 4.78 is 25.6. The molecule has 0 bridgehead atoms. The molecule has 0 unspecified atom stereocenters. The van der Waals surface area contributed by atoms with Crippen LogP contribution in [0.5, 0.6) is 0 Å². The van der Waals surface area contributed by atoms with Crippen molar-refractivity contribution in [3.63, 3.8) is 0 Å². The monoisotopic (exact) mass is 311 g/mol. The molecule has 0 aliphatic carbocycles. The van der Waals surface area contributed by atoms with Crippen LogP contribution in [0.15, 0.2) is 12.1 Å². The highest BCUT2D eigenvalue weighted by atomic mass is 35.5. The fourth-order valence-corrected chi connectivity index (χ4v) is 2.44. The number of hydrogen-bond acceptors (Lipinski definition) is 3. The lowest BCUT2D eigenvalue weighted by Crippen LogP contribution is -2.24. The first-order chi connectivity index (χ1) is 8.15. The molecule has 8 heteroatoms. The van der Waals surface area contributed by atoms with Gasteiger partial charge in [-0.15, -0.1) is 0 Å². The third-order valence-electron chi connectivity index (χ3n) is 2.15. The number of halogens is 2. The molecule has 100 valence electrons. The lowest BCUT2D eigenvalue weighted by atomic mass is 10.2. The van der Waals surface area contributed by atoms with Gasteiger partial charge in [0.15, 0.2) is 0 Å². The predicted molar refractivity (Wildman–Crippen MR) is 71.1 cm³/mol. The number of carbonyl (C=O) groups is 1. The smallest absolute Gasteiger partial charge is 0.337 e. The Balaban J connectivity index is 3.37. The maximum Gasteiger partial charge on any atom is 0.337 e. The van der Waals surface area contributed by atoms with Crippen LogP contribution >= 0.6 is 23.2 Å². The van der Waals surface area contributed by atoms with Crippen molar-refractivity contribution >= 4 is 44.9 Å². The lowest BCUT2D eigenvalue weighted by Gasteiger charge is -2.14. The van der Waals surface area contributed by atoms with Gasteiger partial charge in [0.1, 0.15) is 0 Å². The van der Waals surface area contributed by atoms with Crippen LogP contribution < -0.4 is 4.72 Å². The summed E-state index contributed by atoms with van der Waals surface area (Å²) >= 11 is 11.5. The summed E-state index contributed by atoms with van der Waals surface area (Å²) in [6, 6.07) is 2.40. The number of anilines is 1. The Morgan fingerprint density at radius 2 is 1.89 bits per heavy atom. The topological polar surface area (TPSA) is 83.5 Å². The zero-order valence-corrected chi connectivity index (χ0v) is 11.9. The highest BCUT2D eigenvalue weighted by Gasteiger charge is 2.22. The second-order valence-electron chi connectivity index (χ2n) is 3.81. The van der Waals surface area contributed by atoms with E-state index in [9.17, 15) is 13.2 Å². The Kier molecular flexibility index (Phi) is 4.47. The fourth-order valence-electron chi connectivity index (χ4n) is 1.11. The van der Waals surface area contributed by atoms with Crippen LogP contribution in [0, 0.1) is 0 Å². The SMILES string of the molecule is CC(C)S(=O)(=O)Nc1c(Cl)cc(Cl)cc1C(=O)O. The van der Waals surface area contributed by atoms with Crippen molar-refractivity contribution in [2.24, 2.45) is 0 Å². The summed E-state index contributed by atoms with van der Waals surface area (Å²) in [6.45, 7) is 2.93.